The van der Waals surface area contributed by atoms with Gasteiger partial charge in [-0.15, -0.1) is 0 Å². The van der Waals surface area contributed by atoms with Gasteiger partial charge < -0.3 is 10.5 Å². The van der Waals surface area contributed by atoms with Gasteiger partial charge in [-0.2, -0.15) is 0 Å². The number of aromatic nitrogens is 2. The second kappa shape index (κ2) is 6.61. The molecule has 0 spiro atoms. The summed E-state index contributed by atoms with van der Waals surface area (Å²) in [5, 5.41) is 0.533. The van der Waals surface area contributed by atoms with E-state index in [-0.39, 0.29) is 11.5 Å². The lowest BCUT2D eigenvalue weighted by Gasteiger charge is -2.12. The minimum Gasteiger partial charge on any atom is -0.448 e. The monoisotopic (exact) mass is 323 g/mol. The summed E-state index contributed by atoms with van der Waals surface area (Å²) in [5.41, 5.74) is 5.76. The summed E-state index contributed by atoms with van der Waals surface area (Å²) in [7, 11) is 0. The maximum Gasteiger partial charge on any atom is 0.357 e. The summed E-state index contributed by atoms with van der Waals surface area (Å²) in [4.78, 5) is 27.3. The minimum atomic E-state index is -1.05. The lowest BCUT2D eigenvalue weighted by Crippen LogP contribution is -2.31. The SMILES string of the molecule is CSc1ncc(C(=O)OC(C)C(N)=O)n1-c1ccc(F)cc1. The number of hydrogen-bond acceptors (Lipinski definition) is 5. The normalized spacial score (nSPS) is 12.0. The van der Waals surface area contributed by atoms with E-state index < -0.39 is 18.0 Å². The zero-order valence-corrected chi connectivity index (χ0v) is 12.8. The van der Waals surface area contributed by atoms with Crippen LogP contribution in [0.5, 0.6) is 0 Å². The Labute approximate surface area is 130 Å². The third-order valence-corrected chi connectivity index (χ3v) is 3.54. The number of halogens is 1. The molecular formula is C14H14FN3O3S. The Kier molecular flexibility index (Phi) is 4.81. The van der Waals surface area contributed by atoms with E-state index in [1.807, 2.05) is 0 Å². The summed E-state index contributed by atoms with van der Waals surface area (Å²) >= 11 is 1.32. The fourth-order valence-corrected chi connectivity index (χ4v) is 2.29. The van der Waals surface area contributed by atoms with Gasteiger partial charge in [0.1, 0.15) is 5.82 Å². The Balaban J connectivity index is 2.41. The molecule has 0 aliphatic carbocycles. The first-order valence-electron chi connectivity index (χ1n) is 6.32. The van der Waals surface area contributed by atoms with Gasteiger partial charge in [-0.3, -0.25) is 9.36 Å². The molecule has 1 aromatic carbocycles. The number of esters is 1. The largest absolute Gasteiger partial charge is 0.448 e. The predicted octanol–water partition coefficient (Wildman–Crippen LogP) is 1.76. The van der Waals surface area contributed by atoms with Crippen molar-refractivity contribution in [3.63, 3.8) is 0 Å². The Morgan fingerprint density at radius 2 is 2.00 bits per heavy atom. The van der Waals surface area contributed by atoms with Crippen LogP contribution in [0.15, 0.2) is 35.6 Å². The zero-order valence-electron chi connectivity index (χ0n) is 11.9. The van der Waals surface area contributed by atoms with Gasteiger partial charge >= 0.3 is 5.97 Å². The highest BCUT2D eigenvalue weighted by molar-refractivity contribution is 7.98. The Bertz CT molecular complexity index is 700. The lowest BCUT2D eigenvalue weighted by atomic mass is 10.3. The summed E-state index contributed by atoms with van der Waals surface area (Å²) in [5.74, 6) is -1.87. The van der Waals surface area contributed by atoms with E-state index in [0.29, 0.717) is 10.8 Å². The van der Waals surface area contributed by atoms with Crippen molar-refractivity contribution in [3.8, 4) is 5.69 Å². The third-order valence-electron chi connectivity index (χ3n) is 2.89. The van der Waals surface area contributed by atoms with Crippen molar-refractivity contribution in [1.82, 2.24) is 9.55 Å². The average Bonchev–Trinajstić information content (AvgIpc) is 2.91. The number of imidazole rings is 1. The van der Waals surface area contributed by atoms with Gasteiger partial charge in [-0.25, -0.2) is 14.2 Å². The molecule has 116 valence electrons. The lowest BCUT2D eigenvalue weighted by molar-refractivity contribution is -0.125. The first-order valence-corrected chi connectivity index (χ1v) is 7.54. The van der Waals surface area contributed by atoms with Crippen LogP contribution in [0.1, 0.15) is 17.4 Å². The van der Waals surface area contributed by atoms with Gasteiger partial charge in [0, 0.05) is 5.69 Å². The topological polar surface area (TPSA) is 87.2 Å². The molecule has 1 amide bonds. The number of primary amides is 1. The maximum absolute atomic E-state index is 13.1. The van der Waals surface area contributed by atoms with Gasteiger partial charge in [0.2, 0.25) is 0 Å². The van der Waals surface area contributed by atoms with Gasteiger partial charge in [0.05, 0.1) is 6.20 Å². The van der Waals surface area contributed by atoms with Crippen molar-refractivity contribution >= 4 is 23.6 Å². The molecule has 0 saturated carbocycles. The summed E-state index contributed by atoms with van der Waals surface area (Å²) in [6.45, 7) is 1.38. The van der Waals surface area contributed by atoms with Crippen LogP contribution in [0.4, 0.5) is 4.39 Å². The van der Waals surface area contributed by atoms with Crippen molar-refractivity contribution in [2.75, 3.05) is 6.26 Å². The van der Waals surface area contributed by atoms with E-state index in [9.17, 15) is 14.0 Å². The molecule has 2 aromatic rings. The zero-order chi connectivity index (χ0) is 16.3. The van der Waals surface area contributed by atoms with Gasteiger partial charge in [0.15, 0.2) is 17.0 Å². The Hall–Kier alpha value is -2.35. The second-order valence-corrected chi connectivity index (χ2v) is 5.17. The van der Waals surface area contributed by atoms with Crippen LogP contribution in [0, 0.1) is 5.82 Å². The van der Waals surface area contributed by atoms with Crippen LogP contribution in [-0.4, -0.2) is 33.8 Å². The number of carbonyl (C=O) groups excluding carboxylic acids is 2. The molecule has 1 unspecified atom stereocenters. The molecule has 1 aromatic heterocycles. The molecule has 2 rings (SSSR count). The van der Waals surface area contributed by atoms with Gasteiger partial charge in [0.25, 0.3) is 5.91 Å². The van der Waals surface area contributed by atoms with Crippen LogP contribution in [0.25, 0.3) is 5.69 Å². The molecule has 2 N–H and O–H groups in total. The number of hydrogen-bond donors (Lipinski definition) is 1. The van der Waals surface area contributed by atoms with E-state index in [1.54, 1.807) is 6.26 Å². The van der Waals surface area contributed by atoms with E-state index in [0.717, 1.165) is 0 Å². The molecule has 0 radical (unpaired) electrons. The van der Waals surface area contributed by atoms with Gasteiger partial charge in [-0.1, -0.05) is 11.8 Å². The molecule has 0 aliphatic rings. The number of nitrogens with two attached hydrogens (primary N) is 1. The molecular weight excluding hydrogens is 309 g/mol. The molecule has 22 heavy (non-hydrogen) atoms. The molecule has 0 fully saturated rings. The number of nitrogens with zero attached hydrogens (tertiary/aromatic N) is 2. The van der Waals surface area contributed by atoms with Crippen molar-refractivity contribution in [2.24, 2.45) is 5.73 Å². The van der Waals surface area contributed by atoms with E-state index >= 15 is 0 Å². The molecule has 1 atom stereocenters. The van der Waals surface area contributed by atoms with Crippen LogP contribution in [0.2, 0.25) is 0 Å². The third kappa shape index (κ3) is 3.28. The first kappa shape index (κ1) is 16.0. The fourth-order valence-electron chi connectivity index (χ4n) is 1.74. The number of benzene rings is 1. The second-order valence-electron chi connectivity index (χ2n) is 4.39. The standard InChI is InChI=1S/C14H14FN3O3S/c1-8(12(16)19)21-13(20)11-7-17-14(22-2)18(11)10-5-3-9(15)4-6-10/h3-8H,1-2H3,(H2,16,19). The van der Waals surface area contributed by atoms with Crippen LogP contribution in [-0.2, 0) is 9.53 Å². The first-order chi connectivity index (χ1) is 10.4. The van der Waals surface area contributed by atoms with E-state index in [1.165, 1.54) is 53.7 Å². The average molecular weight is 323 g/mol. The highest BCUT2D eigenvalue weighted by Gasteiger charge is 2.22. The van der Waals surface area contributed by atoms with Crippen LogP contribution < -0.4 is 5.73 Å². The van der Waals surface area contributed by atoms with E-state index in [2.05, 4.69) is 4.98 Å². The highest BCUT2D eigenvalue weighted by Crippen LogP contribution is 2.22. The van der Waals surface area contributed by atoms with Gasteiger partial charge in [-0.05, 0) is 37.4 Å². The van der Waals surface area contributed by atoms with E-state index in [4.69, 9.17) is 10.5 Å². The molecule has 0 saturated heterocycles. The Morgan fingerprint density at radius 3 is 2.55 bits per heavy atom. The molecule has 6 nitrogen and oxygen atoms in total. The van der Waals surface area contributed by atoms with Crippen molar-refractivity contribution in [2.45, 2.75) is 18.2 Å². The van der Waals surface area contributed by atoms with Crippen molar-refractivity contribution in [3.05, 3.63) is 42.0 Å². The maximum atomic E-state index is 13.1. The highest BCUT2D eigenvalue weighted by atomic mass is 32.2. The fraction of sp³-hybridized carbons (Fsp3) is 0.214. The molecule has 0 aliphatic heterocycles. The molecule has 8 heteroatoms. The quantitative estimate of drug-likeness (QED) is 0.669. The smallest absolute Gasteiger partial charge is 0.357 e. The number of ether oxygens (including phenoxy) is 1. The summed E-state index contributed by atoms with van der Waals surface area (Å²) < 4.78 is 19.6. The number of carbonyl (C=O) groups is 2. The minimum absolute atomic E-state index is 0.129. The number of thioether (sulfide) groups is 1. The van der Waals surface area contributed by atoms with Crippen LogP contribution in [0.3, 0.4) is 0 Å². The molecule has 0 bridgehead atoms. The summed E-state index contributed by atoms with van der Waals surface area (Å²) in [6, 6.07) is 5.59. The van der Waals surface area contributed by atoms with Crippen molar-refractivity contribution < 1.29 is 18.7 Å². The Morgan fingerprint density at radius 1 is 1.36 bits per heavy atom. The van der Waals surface area contributed by atoms with Crippen molar-refractivity contribution in [1.29, 1.82) is 0 Å². The van der Waals surface area contributed by atoms with Crippen LogP contribution >= 0.6 is 11.8 Å². The number of amides is 1. The molecule has 1 heterocycles. The summed E-state index contributed by atoms with van der Waals surface area (Å²) in [6.07, 6.45) is 2.08. The predicted molar refractivity (Wildman–Crippen MR) is 79.4 cm³/mol. The number of rotatable bonds is 5.